The summed E-state index contributed by atoms with van der Waals surface area (Å²) in [5.41, 5.74) is 6.98. The van der Waals surface area contributed by atoms with Gasteiger partial charge in [-0.2, -0.15) is 0 Å². The van der Waals surface area contributed by atoms with Crippen LogP contribution in [0, 0.1) is 11.3 Å². The number of methoxy groups -OCH3 is 2. The van der Waals surface area contributed by atoms with Gasteiger partial charge in [-0.25, -0.2) is 0 Å². The van der Waals surface area contributed by atoms with Crippen LogP contribution in [-0.2, 0) is 0 Å². The fraction of sp³-hybridized carbons (Fsp3) is 0.647. The molecular weight excluding hydrogens is 266 g/mol. The minimum atomic E-state index is 0.198. The summed E-state index contributed by atoms with van der Waals surface area (Å²) < 4.78 is 16.7. The molecule has 1 aliphatic rings. The first kappa shape index (κ1) is 15.8. The summed E-state index contributed by atoms with van der Waals surface area (Å²) in [5, 5.41) is 0. The van der Waals surface area contributed by atoms with Crippen LogP contribution in [0.3, 0.4) is 0 Å². The van der Waals surface area contributed by atoms with Gasteiger partial charge >= 0.3 is 0 Å². The molecule has 0 aromatic heterocycles. The Labute approximate surface area is 127 Å². The standard InChI is InChI=1S/C17H27NO3/c1-11-6-12(10-17(2,3)9-11)21-14-8-16(20-5)15(19-4)7-13(14)18/h7-8,11-12H,6,9-10,18H2,1-5H3. The summed E-state index contributed by atoms with van der Waals surface area (Å²) in [5.74, 6) is 2.62. The Kier molecular flexibility index (Phi) is 4.55. The average molecular weight is 293 g/mol. The maximum Gasteiger partial charge on any atom is 0.164 e. The summed E-state index contributed by atoms with van der Waals surface area (Å²) >= 11 is 0. The predicted molar refractivity (Wildman–Crippen MR) is 85.2 cm³/mol. The van der Waals surface area contributed by atoms with Crippen molar-refractivity contribution in [2.75, 3.05) is 20.0 Å². The van der Waals surface area contributed by atoms with Crippen molar-refractivity contribution in [3.8, 4) is 17.2 Å². The Balaban J connectivity index is 2.19. The number of rotatable bonds is 4. The monoisotopic (exact) mass is 293 g/mol. The van der Waals surface area contributed by atoms with Gasteiger partial charge < -0.3 is 19.9 Å². The van der Waals surface area contributed by atoms with Crippen molar-refractivity contribution in [3.05, 3.63) is 12.1 Å². The molecule has 0 heterocycles. The van der Waals surface area contributed by atoms with Gasteiger partial charge in [0.15, 0.2) is 11.5 Å². The zero-order valence-corrected chi connectivity index (χ0v) is 13.7. The van der Waals surface area contributed by atoms with Crippen LogP contribution in [0.4, 0.5) is 5.69 Å². The van der Waals surface area contributed by atoms with Crippen molar-refractivity contribution in [2.45, 2.75) is 46.1 Å². The highest BCUT2D eigenvalue weighted by molar-refractivity contribution is 5.62. The molecule has 21 heavy (non-hydrogen) atoms. The van der Waals surface area contributed by atoms with E-state index in [1.807, 2.05) is 6.07 Å². The number of nitrogens with two attached hydrogens (primary N) is 1. The first-order valence-electron chi connectivity index (χ1n) is 7.53. The van der Waals surface area contributed by atoms with E-state index in [2.05, 4.69) is 20.8 Å². The molecule has 2 rings (SSSR count). The third kappa shape index (κ3) is 3.74. The van der Waals surface area contributed by atoms with Crippen molar-refractivity contribution < 1.29 is 14.2 Å². The molecule has 1 saturated carbocycles. The molecule has 1 fully saturated rings. The molecule has 1 aromatic rings. The Morgan fingerprint density at radius 1 is 1.05 bits per heavy atom. The van der Waals surface area contributed by atoms with Crippen LogP contribution in [0.5, 0.6) is 17.2 Å². The molecular formula is C17H27NO3. The smallest absolute Gasteiger partial charge is 0.164 e. The van der Waals surface area contributed by atoms with E-state index in [1.165, 1.54) is 6.42 Å². The fourth-order valence-electron chi connectivity index (χ4n) is 3.51. The number of ether oxygens (including phenoxy) is 3. The Hall–Kier alpha value is -1.58. The molecule has 2 N–H and O–H groups in total. The predicted octanol–water partition coefficient (Wildman–Crippen LogP) is 3.88. The number of anilines is 1. The maximum absolute atomic E-state index is 6.17. The third-order valence-corrected chi connectivity index (χ3v) is 4.16. The van der Waals surface area contributed by atoms with E-state index in [4.69, 9.17) is 19.9 Å². The van der Waals surface area contributed by atoms with Gasteiger partial charge in [0.1, 0.15) is 5.75 Å². The van der Waals surface area contributed by atoms with E-state index >= 15 is 0 Å². The Morgan fingerprint density at radius 2 is 1.67 bits per heavy atom. The number of hydrogen-bond donors (Lipinski definition) is 1. The molecule has 2 atom stereocenters. The lowest BCUT2D eigenvalue weighted by molar-refractivity contribution is 0.0565. The third-order valence-electron chi connectivity index (χ3n) is 4.16. The quantitative estimate of drug-likeness (QED) is 0.856. The molecule has 0 radical (unpaired) electrons. The van der Waals surface area contributed by atoms with Gasteiger partial charge in [0.2, 0.25) is 0 Å². The van der Waals surface area contributed by atoms with Crippen molar-refractivity contribution in [3.63, 3.8) is 0 Å². The van der Waals surface area contributed by atoms with Crippen LogP contribution in [-0.4, -0.2) is 20.3 Å². The first-order chi connectivity index (χ1) is 9.84. The van der Waals surface area contributed by atoms with E-state index < -0.39 is 0 Å². The summed E-state index contributed by atoms with van der Waals surface area (Å²) in [6.45, 7) is 6.89. The lowest BCUT2D eigenvalue weighted by Crippen LogP contribution is -2.34. The van der Waals surface area contributed by atoms with Crippen LogP contribution in [0.1, 0.15) is 40.0 Å². The van der Waals surface area contributed by atoms with Crippen molar-refractivity contribution in [2.24, 2.45) is 11.3 Å². The van der Waals surface area contributed by atoms with Crippen LogP contribution in [0.25, 0.3) is 0 Å². The van der Waals surface area contributed by atoms with Gasteiger partial charge in [-0.05, 0) is 30.6 Å². The molecule has 0 spiro atoms. The maximum atomic E-state index is 6.17. The fourth-order valence-corrected chi connectivity index (χ4v) is 3.51. The minimum Gasteiger partial charge on any atom is -0.493 e. The lowest BCUT2D eigenvalue weighted by Gasteiger charge is -2.39. The molecule has 0 amide bonds. The van der Waals surface area contributed by atoms with Crippen LogP contribution in [0.15, 0.2) is 12.1 Å². The lowest BCUT2D eigenvalue weighted by atomic mass is 9.71. The molecule has 0 bridgehead atoms. The topological polar surface area (TPSA) is 53.7 Å². The van der Waals surface area contributed by atoms with Gasteiger partial charge in [-0.15, -0.1) is 0 Å². The summed E-state index contributed by atoms with van der Waals surface area (Å²) in [6.07, 6.45) is 3.56. The zero-order valence-electron chi connectivity index (χ0n) is 13.7. The SMILES string of the molecule is COc1cc(N)c(OC2CC(C)CC(C)(C)C2)cc1OC. The normalized spacial score (nSPS) is 24.4. The van der Waals surface area contributed by atoms with E-state index in [-0.39, 0.29) is 6.10 Å². The summed E-state index contributed by atoms with van der Waals surface area (Å²) in [7, 11) is 3.22. The molecule has 0 saturated heterocycles. The number of hydrogen-bond acceptors (Lipinski definition) is 4. The van der Waals surface area contributed by atoms with E-state index in [1.54, 1.807) is 20.3 Å². The van der Waals surface area contributed by atoms with Gasteiger partial charge in [-0.3, -0.25) is 0 Å². The van der Waals surface area contributed by atoms with Gasteiger partial charge in [0.25, 0.3) is 0 Å². The van der Waals surface area contributed by atoms with E-state index in [0.717, 1.165) is 12.8 Å². The van der Waals surface area contributed by atoms with Crippen molar-refractivity contribution in [1.29, 1.82) is 0 Å². The molecule has 2 unspecified atom stereocenters. The summed E-state index contributed by atoms with van der Waals surface area (Å²) in [4.78, 5) is 0. The highest BCUT2D eigenvalue weighted by atomic mass is 16.5. The highest BCUT2D eigenvalue weighted by Gasteiger charge is 2.33. The van der Waals surface area contributed by atoms with Crippen LogP contribution in [0.2, 0.25) is 0 Å². The molecule has 4 heteroatoms. The average Bonchev–Trinajstić information content (AvgIpc) is 2.38. The van der Waals surface area contributed by atoms with Gasteiger partial charge in [-0.1, -0.05) is 20.8 Å². The van der Waals surface area contributed by atoms with E-state index in [0.29, 0.717) is 34.3 Å². The first-order valence-corrected chi connectivity index (χ1v) is 7.53. The largest absolute Gasteiger partial charge is 0.493 e. The minimum absolute atomic E-state index is 0.198. The van der Waals surface area contributed by atoms with Crippen molar-refractivity contribution in [1.82, 2.24) is 0 Å². The van der Waals surface area contributed by atoms with Gasteiger partial charge in [0, 0.05) is 12.1 Å². The zero-order chi connectivity index (χ0) is 15.6. The second-order valence-corrected chi connectivity index (χ2v) is 6.90. The Bertz CT molecular complexity index is 499. The molecule has 4 nitrogen and oxygen atoms in total. The molecule has 118 valence electrons. The second kappa shape index (κ2) is 6.04. The van der Waals surface area contributed by atoms with Crippen LogP contribution < -0.4 is 19.9 Å². The number of nitrogen functional groups attached to an aromatic ring is 1. The van der Waals surface area contributed by atoms with E-state index in [9.17, 15) is 0 Å². The second-order valence-electron chi connectivity index (χ2n) is 6.90. The highest BCUT2D eigenvalue weighted by Crippen LogP contribution is 2.42. The van der Waals surface area contributed by atoms with Crippen molar-refractivity contribution >= 4 is 5.69 Å². The van der Waals surface area contributed by atoms with Crippen LogP contribution >= 0.6 is 0 Å². The summed E-state index contributed by atoms with van der Waals surface area (Å²) in [6, 6.07) is 3.58. The van der Waals surface area contributed by atoms with Gasteiger partial charge in [0.05, 0.1) is 26.0 Å². The Morgan fingerprint density at radius 3 is 2.24 bits per heavy atom. The number of benzene rings is 1. The molecule has 0 aliphatic heterocycles. The molecule has 1 aromatic carbocycles. The molecule has 1 aliphatic carbocycles.